The minimum absolute atomic E-state index is 0.171. The van der Waals surface area contributed by atoms with Gasteiger partial charge in [0.05, 0.1) is 12.1 Å². The molecule has 3 nitrogen and oxygen atoms in total. The first-order valence-electron chi connectivity index (χ1n) is 8.39. The SMILES string of the molecule is CNCC(O)C(c1ccccc1)N1CC(C)(C)c2c(F)cccc21. The van der Waals surface area contributed by atoms with Crippen molar-refractivity contribution in [2.75, 3.05) is 25.0 Å². The van der Waals surface area contributed by atoms with Gasteiger partial charge in [-0.1, -0.05) is 50.2 Å². The summed E-state index contributed by atoms with van der Waals surface area (Å²) < 4.78 is 14.5. The average Bonchev–Trinajstić information content (AvgIpc) is 2.81. The summed E-state index contributed by atoms with van der Waals surface area (Å²) in [7, 11) is 1.83. The summed E-state index contributed by atoms with van der Waals surface area (Å²) in [6.07, 6.45) is -0.595. The quantitative estimate of drug-likeness (QED) is 0.884. The maximum absolute atomic E-state index is 14.5. The van der Waals surface area contributed by atoms with Crippen LogP contribution in [-0.4, -0.2) is 31.3 Å². The Hall–Kier alpha value is -1.91. The van der Waals surface area contributed by atoms with E-state index in [9.17, 15) is 9.50 Å². The van der Waals surface area contributed by atoms with E-state index in [1.165, 1.54) is 6.07 Å². The van der Waals surface area contributed by atoms with Crippen molar-refractivity contribution in [1.82, 2.24) is 5.32 Å². The zero-order valence-corrected chi connectivity index (χ0v) is 14.5. The molecule has 2 aromatic rings. The lowest BCUT2D eigenvalue weighted by Gasteiger charge is -2.35. The van der Waals surface area contributed by atoms with Crippen LogP contribution in [0.15, 0.2) is 48.5 Å². The van der Waals surface area contributed by atoms with Gasteiger partial charge in [-0.15, -0.1) is 0 Å². The number of hydrogen-bond acceptors (Lipinski definition) is 3. The highest BCUT2D eigenvalue weighted by atomic mass is 19.1. The molecule has 0 aromatic heterocycles. The Balaban J connectivity index is 2.09. The lowest BCUT2D eigenvalue weighted by atomic mass is 9.86. The van der Waals surface area contributed by atoms with Gasteiger partial charge >= 0.3 is 0 Å². The van der Waals surface area contributed by atoms with Crippen LogP contribution in [-0.2, 0) is 5.41 Å². The number of rotatable bonds is 5. The Morgan fingerprint density at radius 2 is 1.88 bits per heavy atom. The molecular formula is C20H25FN2O. The number of anilines is 1. The molecule has 3 rings (SSSR count). The van der Waals surface area contributed by atoms with Crippen molar-refractivity contribution in [3.63, 3.8) is 0 Å². The molecule has 24 heavy (non-hydrogen) atoms. The van der Waals surface area contributed by atoms with Gasteiger partial charge in [0.25, 0.3) is 0 Å². The van der Waals surface area contributed by atoms with Crippen molar-refractivity contribution in [3.8, 4) is 0 Å². The Bertz CT molecular complexity index is 702. The Morgan fingerprint density at radius 3 is 2.54 bits per heavy atom. The van der Waals surface area contributed by atoms with Crippen LogP contribution in [0.25, 0.3) is 0 Å². The van der Waals surface area contributed by atoms with E-state index in [-0.39, 0.29) is 17.3 Å². The van der Waals surface area contributed by atoms with Crippen molar-refractivity contribution < 1.29 is 9.50 Å². The highest BCUT2D eigenvalue weighted by Gasteiger charge is 2.42. The van der Waals surface area contributed by atoms with Crippen molar-refractivity contribution >= 4 is 5.69 Å². The smallest absolute Gasteiger partial charge is 0.129 e. The van der Waals surface area contributed by atoms with E-state index in [1.807, 2.05) is 43.4 Å². The average molecular weight is 328 g/mol. The van der Waals surface area contributed by atoms with Gasteiger partial charge in [-0.3, -0.25) is 0 Å². The summed E-state index contributed by atoms with van der Waals surface area (Å²) in [5.74, 6) is -0.171. The molecule has 0 fully saturated rings. The summed E-state index contributed by atoms with van der Waals surface area (Å²) in [5, 5.41) is 13.8. The second kappa shape index (κ2) is 6.54. The fourth-order valence-electron chi connectivity index (χ4n) is 3.84. The molecule has 0 spiro atoms. The summed E-state index contributed by atoms with van der Waals surface area (Å²) in [6.45, 7) is 5.26. The van der Waals surface area contributed by atoms with Gasteiger partial charge in [-0.05, 0) is 24.7 Å². The molecule has 2 N–H and O–H groups in total. The van der Waals surface area contributed by atoms with Crippen LogP contribution in [0.1, 0.15) is 31.0 Å². The number of nitrogens with zero attached hydrogens (tertiary/aromatic N) is 1. The molecule has 0 bridgehead atoms. The molecule has 1 heterocycles. The van der Waals surface area contributed by atoms with Crippen LogP contribution >= 0.6 is 0 Å². The van der Waals surface area contributed by atoms with Crippen LogP contribution in [0.5, 0.6) is 0 Å². The normalized spacial score (nSPS) is 18.3. The molecule has 2 aromatic carbocycles. The van der Waals surface area contributed by atoms with E-state index >= 15 is 0 Å². The maximum Gasteiger partial charge on any atom is 0.129 e. The number of halogens is 1. The fraction of sp³-hybridized carbons (Fsp3) is 0.400. The molecule has 128 valence electrons. The summed E-state index contributed by atoms with van der Waals surface area (Å²) in [6, 6.07) is 15.0. The van der Waals surface area contributed by atoms with Crippen LogP contribution in [0.3, 0.4) is 0 Å². The molecule has 2 unspecified atom stereocenters. The topological polar surface area (TPSA) is 35.5 Å². The number of nitrogens with one attached hydrogen (secondary N) is 1. The van der Waals surface area contributed by atoms with E-state index in [0.29, 0.717) is 13.1 Å². The molecule has 0 saturated carbocycles. The lowest BCUT2D eigenvalue weighted by Crippen LogP contribution is -2.42. The molecule has 1 aliphatic rings. The van der Waals surface area contributed by atoms with E-state index in [2.05, 4.69) is 24.1 Å². The first-order chi connectivity index (χ1) is 11.5. The first-order valence-corrected chi connectivity index (χ1v) is 8.39. The Morgan fingerprint density at radius 1 is 1.17 bits per heavy atom. The minimum Gasteiger partial charge on any atom is -0.389 e. The second-order valence-electron chi connectivity index (χ2n) is 7.13. The zero-order chi connectivity index (χ0) is 17.3. The molecule has 0 aliphatic carbocycles. The third-order valence-corrected chi connectivity index (χ3v) is 4.80. The maximum atomic E-state index is 14.5. The van der Waals surface area contributed by atoms with E-state index in [4.69, 9.17) is 0 Å². The van der Waals surface area contributed by atoms with Gasteiger partial charge < -0.3 is 15.3 Å². The number of benzene rings is 2. The minimum atomic E-state index is -0.595. The monoisotopic (exact) mass is 328 g/mol. The third-order valence-electron chi connectivity index (χ3n) is 4.80. The predicted molar refractivity (Wildman–Crippen MR) is 95.9 cm³/mol. The van der Waals surface area contributed by atoms with Gasteiger partial charge in [0, 0.05) is 29.8 Å². The molecule has 0 radical (unpaired) electrons. The highest BCUT2D eigenvalue weighted by Crippen LogP contribution is 2.46. The van der Waals surface area contributed by atoms with Gasteiger partial charge in [-0.25, -0.2) is 4.39 Å². The number of hydrogen-bond donors (Lipinski definition) is 2. The number of likely N-dealkylation sites (N-methyl/N-ethyl adjacent to an activating group) is 1. The van der Waals surface area contributed by atoms with Gasteiger partial charge in [-0.2, -0.15) is 0 Å². The predicted octanol–water partition coefficient (Wildman–Crippen LogP) is 3.24. The highest BCUT2D eigenvalue weighted by molar-refractivity contribution is 5.64. The number of aliphatic hydroxyl groups is 1. The fourth-order valence-corrected chi connectivity index (χ4v) is 3.84. The van der Waals surface area contributed by atoms with E-state index < -0.39 is 6.10 Å². The summed E-state index contributed by atoms with van der Waals surface area (Å²) in [5.41, 5.74) is 2.35. The third kappa shape index (κ3) is 2.92. The largest absolute Gasteiger partial charge is 0.389 e. The van der Waals surface area contributed by atoms with Crippen molar-refractivity contribution in [2.24, 2.45) is 0 Å². The Kier molecular flexibility index (Phi) is 4.61. The zero-order valence-electron chi connectivity index (χ0n) is 14.5. The molecule has 4 heteroatoms. The van der Waals surface area contributed by atoms with Gasteiger partial charge in [0.15, 0.2) is 0 Å². The first kappa shape index (κ1) is 16.9. The van der Waals surface area contributed by atoms with E-state index in [1.54, 1.807) is 6.07 Å². The second-order valence-corrected chi connectivity index (χ2v) is 7.13. The van der Waals surface area contributed by atoms with Gasteiger partial charge in [0.1, 0.15) is 5.82 Å². The van der Waals surface area contributed by atoms with Crippen LogP contribution < -0.4 is 10.2 Å². The molecule has 2 atom stereocenters. The van der Waals surface area contributed by atoms with Crippen molar-refractivity contribution in [2.45, 2.75) is 31.4 Å². The van der Waals surface area contributed by atoms with Crippen molar-refractivity contribution in [1.29, 1.82) is 0 Å². The van der Waals surface area contributed by atoms with Crippen LogP contribution in [0.2, 0.25) is 0 Å². The molecule has 1 aliphatic heterocycles. The van der Waals surface area contributed by atoms with Gasteiger partial charge in [0.2, 0.25) is 0 Å². The Labute approximate surface area is 143 Å². The molecule has 0 amide bonds. The molecule has 0 saturated heterocycles. The number of aliphatic hydroxyl groups excluding tert-OH is 1. The summed E-state index contributed by atoms with van der Waals surface area (Å²) >= 11 is 0. The van der Waals surface area contributed by atoms with E-state index in [0.717, 1.165) is 16.8 Å². The van der Waals surface area contributed by atoms with Crippen LogP contribution in [0.4, 0.5) is 10.1 Å². The lowest BCUT2D eigenvalue weighted by molar-refractivity contribution is 0.140. The summed E-state index contributed by atoms with van der Waals surface area (Å²) in [4.78, 5) is 2.15. The van der Waals surface area contributed by atoms with Crippen molar-refractivity contribution in [3.05, 3.63) is 65.5 Å². The van der Waals surface area contributed by atoms with Crippen LogP contribution in [0, 0.1) is 5.82 Å². The standard InChI is InChI=1S/C20H25FN2O/c1-20(2)13-23(16-11-7-10-15(21)18(16)20)19(17(24)12-22-3)14-8-5-4-6-9-14/h4-11,17,19,22,24H,12-13H2,1-3H3. The molecular weight excluding hydrogens is 303 g/mol. The number of fused-ring (bicyclic) bond motifs is 1.